The fourth-order valence-electron chi connectivity index (χ4n) is 1.92. The molecular formula is C14H15ClN2O4. The number of carboxylic acid groups (broad SMARTS) is 1. The molecule has 0 atom stereocenters. The number of nitrogens with one attached hydrogen (secondary N) is 2. The Bertz CT molecular complexity index is 584. The number of benzene rings is 1. The number of hydrogen-bond acceptors (Lipinski definition) is 3. The lowest BCUT2D eigenvalue weighted by molar-refractivity contribution is -0.149. The number of carbonyl (C=O) groups is 3. The van der Waals surface area contributed by atoms with Crippen molar-refractivity contribution in [1.82, 2.24) is 10.6 Å². The predicted molar refractivity (Wildman–Crippen MR) is 76.1 cm³/mol. The Morgan fingerprint density at radius 1 is 1.14 bits per heavy atom. The summed E-state index contributed by atoms with van der Waals surface area (Å²) in [5, 5.41) is 14.4. The van der Waals surface area contributed by atoms with Crippen molar-refractivity contribution in [3.8, 4) is 0 Å². The van der Waals surface area contributed by atoms with E-state index in [0.717, 1.165) is 0 Å². The van der Waals surface area contributed by atoms with Gasteiger partial charge in [0, 0.05) is 13.1 Å². The molecule has 6 nitrogen and oxygen atoms in total. The molecule has 0 saturated heterocycles. The zero-order valence-electron chi connectivity index (χ0n) is 11.2. The number of carboxylic acids is 1. The Morgan fingerprint density at radius 3 is 2.33 bits per heavy atom. The van der Waals surface area contributed by atoms with Crippen LogP contribution in [-0.2, 0) is 9.59 Å². The summed E-state index contributed by atoms with van der Waals surface area (Å²) in [6, 6.07) is 6.63. The minimum Gasteiger partial charge on any atom is -0.480 e. The maximum absolute atomic E-state index is 11.8. The molecule has 0 unspecified atom stereocenters. The first-order valence-corrected chi connectivity index (χ1v) is 6.89. The second kappa shape index (κ2) is 6.13. The summed E-state index contributed by atoms with van der Waals surface area (Å²) in [5.41, 5.74) is -0.901. The molecule has 7 heteroatoms. The molecule has 0 aliphatic heterocycles. The van der Waals surface area contributed by atoms with E-state index in [1.165, 1.54) is 0 Å². The first-order valence-electron chi connectivity index (χ1n) is 6.52. The second-order valence-corrected chi connectivity index (χ2v) is 5.29. The minimum atomic E-state index is -1.26. The van der Waals surface area contributed by atoms with Crippen molar-refractivity contribution in [2.45, 2.75) is 12.8 Å². The molecule has 0 heterocycles. The molecule has 1 saturated carbocycles. The molecule has 1 aromatic rings. The van der Waals surface area contributed by atoms with Crippen molar-refractivity contribution in [1.29, 1.82) is 0 Å². The van der Waals surface area contributed by atoms with Gasteiger partial charge in [-0.3, -0.25) is 14.4 Å². The maximum atomic E-state index is 11.8. The number of aliphatic carboxylic acids is 1. The van der Waals surface area contributed by atoms with Gasteiger partial charge in [-0.05, 0) is 25.0 Å². The van der Waals surface area contributed by atoms with Crippen LogP contribution in [0.5, 0.6) is 0 Å². The van der Waals surface area contributed by atoms with E-state index in [1.54, 1.807) is 24.3 Å². The molecule has 112 valence electrons. The van der Waals surface area contributed by atoms with Crippen molar-refractivity contribution in [2.24, 2.45) is 5.41 Å². The Hall–Kier alpha value is -2.08. The lowest BCUT2D eigenvalue weighted by Crippen LogP contribution is -2.41. The number of hydrogen-bond donors (Lipinski definition) is 3. The number of halogens is 1. The van der Waals surface area contributed by atoms with Crippen molar-refractivity contribution in [2.75, 3.05) is 13.1 Å². The molecule has 1 aromatic carbocycles. The molecule has 21 heavy (non-hydrogen) atoms. The molecule has 3 N–H and O–H groups in total. The van der Waals surface area contributed by atoms with Crippen molar-refractivity contribution in [3.05, 3.63) is 34.9 Å². The van der Waals surface area contributed by atoms with E-state index in [-0.39, 0.29) is 19.0 Å². The van der Waals surface area contributed by atoms with Gasteiger partial charge in [0.25, 0.3) is 5.91 Å². The van der Waals surface area contributed by atoms with Crippen LogP contribution in [0.25, 0.3) is 0 Å². The highest BCUT2D eigenvalue weighted by Gasteiger charge is 2.56. The van der Waals surface area contributed by atoms with Gasteiger partial charge in [-0.2, -0.15) is 0 Å². The van der Waals surface area contributed by atoms with Gasteiger partial charge >= 0.3 is 5.97 Å². The zero-order valence-corrected chi connectivity index (χ0v) is 11.9. The third-order valence-electron chi connectivity index (χ3n) is 3.41. The highest BCUT2D eigenvalue weighted by Crippen LogP contribution is 2.45. The maximum Gasteiger partial charge on any atom is 0.319 e. The van der Waals surface area contributed by atoms with Gasteiger partial charge in [0.2, 0.25) is 5.91 Å². The average molecular weight is 311 g/mol. The van der Waals surface area contributed by atoms with Gasteiger partial charge < -0.3 is 15.7 Å². The molecule has 2 amide bonds. The van der Waals surface area contributed by atoms with Gasteiger partial charge in [-0.15, -0.1) is 0 Å². The van der Waals surface area contributed by atoms with Gasteiger partial charge in [-0.25, -0.2) is 0 Å². The smallest absolute Gasteiger partial charge is 0.319 e. The minimum absolute atomic E-state index is 0.171. The van der Waals surface area contributed by atoms with Crippen LogP contribution >= 0.6 is 11.6 Å². The van der Waals surface area contributed by atoms with Crippen LogP contribution in [0.3, 0.4) is 0 Å². The Morgan fingerprint density at radius 2 is 1.76 bits per heavy atom. The van der Waals surface area contributed by atoms with Crippen molar-refractivity contribution < 1.29 is 19.5 Å². The molecule has 0 radical (unpaired) electrons. The summed E-state index contributed by atoms with van der Waals surface area (Å²) in [7, 11) is 0. The largest absolute Gasteiger partial charge is 0.480 e. The molecular weight excluding hydrogens is 296 g/mol. The van der Waals surface area contributed by atoms with Crippen LogP contribution in [0.4, 0.5) is 0 Å². The Labute approximate surface area is 126 Å². The summed E-state index contributed by atoms with van der Waals surface area (Å²) >= 11 is 5.89. The molecule has 1 aliphatic rings. The average Bonchev–Trinajstić information content (AvgIpc) is 3.25. The molecule has 0 bridgehead atoms. The lowest BCUT2D eigenvalue weighted by atomic mass is 10.1. The van der Waals surface area contributed by atoms with E-state index in [4.69, 9.17) is 16.7 Å². The van der Waals surface area contributed by atoms with Gasteiger partial charge in [0.1, 0.15) is 5.41 Å². The van der Waals surface area contributed by atoms with E-state index in [9.17, 15) is 14.4 Å². The molecule has 1 fully saturated rings. The standard InChI is InChI=1S/C14H15ClN2O4/c15-10-4-2-1-3-9(10)11(18)16-7-8-17-12(19)14(5-6-14)13(20)21/h1-4H,5-8H2,(H,16,18)(H,17,19)(H,20,21). The topological polar surface area (TPSA) is 95.5 Å². The Kier molecular flexibility index (Phi) is 4.47. The van der Waals surface area contributed by atoms with E-state index in [0.29, 0.717) is 23.4 Å². The summed E-state index contributed by atoms with van der Waals surface area (Å²) in [4.78, 5) is 34.5. The Balaban J connectivity index is 1.76. The fraction of sp³-hybridized carbons (Fsp3) is 0.357. The van der Waals surface area contributed by atoms with Crippen LogP contribution in [0.15, 0.2) is 24.3 Å². The third-order valence-corrected chi connectivity index (χ3v) is 3.74. The summed E-state index contributed by atoms with van der Waals surface area (Å²) < 4.78 is 0. The number of carbonyl (C=O) groups excluding carboxylic acids is 2. The van der Waals surface area contributed by atoms with Gasteiger partial charge in [0.05, 0.1) is 10.6 Å². The lowest BCUT2D eigenvalue weighted by Gasteiger charge is -2.11. The van der Waals surface area contributed by atoms with Crippen molar-refractivity contribution >= 4 is 29.4 Å². The van der Waals surface area contributed by atoms with E-state index in [1.807, 2.05) is 0 Å². The van der Waals surface area contributed by atoms with Crippen molar-refractivity contribution in [3.63, 3.8) is 0 Å². The fourth-order valence-corrected chi connectivity index (χ4v) is 2.15. The predicted octanol–water partition coefficient (Wildman–Crippen LogP) is 1.05. The molecule has 1 aliphatic carbocycles. The normalized spacial score (nSPS) is 15.1. The van der Waals surface area contributed by atoms with E-state index < -0.39 is 17.3 Å². The second-order valence-electron chi connectivity index (χ2n) is 4.88. The van der Waals surface area contributed by atoms with E-state index in [2.05, 4.69) is 10.6 Å². The molecule has 2 rings (SSSR count). The number of amides is 2. The van der Waals surface area contributed by atoms with Crippen LogP contribution in [0.1, 0.15) is 23.2 Å². The zero-order chi connectivity index (χ0) is 15.5. The first kappa shape index (κ1) is 15.3. The quantitative estimate of drug-likeness (QED) is 0.540. The van der Waals surface area contributed by atoms with Crippen LogP contribution in [0.2, 0.25) is 5.02 Å². The summed E-state index contributed by atoms with van der Waals surface area (Å²) in [6.45, 7) is 0.371. The highest BCUT2D eigenvalue weighted by atomic mass is 35.5. The summed E-state index contributed by atoms with van der Waals surface area (Å²) in [6.07, 6.45) is 0.723. The summed E-state index contributed by atoms with van der Waals surface area (Å²) in [5.74, 6) is -1.93. The SMILES string of the molecule is O=C(NCCNC(=O)C1(C(=O)O)CC1)c1ccccc1Cl. The third kappa shape index (κ3) is 3.33. The monoisotopic (exact) mass is 310 g/mol. The first-order chi connectivity index (χ1) is 9.97. The molecule has 0 spiro atoms. The highest BCUT2D eigenvalue weighted by molar-refractivity contribution is 6.33. The van der Waals surface area contributed by atoms with Gasteiger partial charge in [0.15, 0.2) is 0 Å². The number of rotatable bonds is 6. The van der Waals surface area contributed by atoms with Crippen LogP contribution in [0, 0.1) is 5.41 Å². The molecule has 0 aromatic heterocycles. The van der Waals surface area contributed by atoms with Crippen LogP contribution in [-0.4, -0.2) is 36.0 Å². The van der Waals surface area contributed by atoms with Gasteiger partial charge in [-0.1, -0.05) is 23.7 Å². The van der Waals surface area contributed by atoms with Crippen LogP contribution < -0.4 is 10.6 Å². The van der Waals surface area contributed by atoms with E-state index >= 15 is 0 Å².